The summed E-state index contributed by atoms with van der Waals surface area (Å²) in [6.07, 6.45) is 2.22. The summed E-state index contributed by atoms with van der Waals surface area (Å²) in [4.78, 5) is 19.6. The lowest BCUT2D eigenvalue weighted by Gasteiger charge is -2.45. The van der Waals surface area contributed by atoms with E-state index < -0.39 is 23.7 Å². The van der Waals surface area contributed by atoms with E-state index in [2.05, 4.69) is 0 Å². The summed E-state index contributed by atoms with van der Waals surface area (Å²) in [7, 11) is 1.62. The Morgan fingerprint density at radius 2 is 2.07 bits per heavy atom. The van der Waals surface area contributed by atoms with Gasteiger partial charge >= 0.3 is 6.61 Å². The zero-order chi connectivity index (χ0) is 20.1. The van der Waals surface area contributed by atoms with Gasteiger partial charge in [0, 0.05) is 12.5 Å². The number of carbonyl (C=O) groups excluding carboxylic acids is 1. The number of guanidine groups is 1. The summed E-state index contributed by atoms with van der Waals surface area (Å²) in [5, 5.41) is 0. The molecule has 2 N–H and O–H groups in total. The Balaban J connectivity index is 1.77. The number of likely N-dealkylation sites (N-methyl/N-ethyl adjacent to an activating group) is 1. The van der Waals surface area contributed by atoms with Crippen molar-refractivity contribution in [2.24, 2.45) is 16.1 Å². The van der Waals surface area contributed by atoms with E-state index in [1.165, 1.54) is 4.90 Å². The van der Waals surface area contributed by atoms with Crippen LogP contribution in [0.2, 0.25) is 0 Å². The van der Waals surface area contributed by atoms with Crippen LogP contribution in [0.5, 0.6) is 5.75 Å². The average molecular weight is 393 g/mol. The van der Waals surface area contributed by atoms with Gasteiger partial charge in [-0.2, -0.15) is 8.78 Å². The molecule has 4 rings (SSSR count). The second-order valence-corrected chi connectivity index (χ2v) is 7.85. The molecular formula is C20H25F2N3O3. The molecule has 1 fully saturated rings. The van der Waals surface area contributed by atoms with Gasteiger partial charge in [-0.1, -0.05) is 6.07 Å². The Kier molecular flexibility index (Phi) is 4.56. The molecule has 0 bridgehead atoms. The zero-order valence-corrected chi connectivity index (χ0v) is 16.1. The van der Waals surface area contributed by atoms with Crippen molar-refractivity contribution in [1.29, 1.82) is 0 Å². The molecule has 1 saturated carbocycles. The minimum absolute atomic E-state index is 0.161. The van der Waals surface area contributed by atoms with Gasteiger partial charge in [-0.05, 0) is 62.3 Å². The molecule has 1 atom stereocenters. The maximum atomic E-state index is 13.4. The van der Waals surface area contributed by atoms with Gasteiger partial charge in [-0.25, -0.2) is 4.99 Å². The largest absolute Gasteiger partial charge is 0.494 e. The highest BCUT2D eigenvalue weighted by molar-refractivity contribution is 6.08. The van der Waals surface area contributed by atoms with Gasteiger partial charge in [0.2, 0.25) is 0 Å². The van der Waals surface area contributed by atoms with Crippen LogP contribution in [0.3, 0.4) is 0 Å². The number of carbonyl (C=O) groups is 1. The van der Waals surface area contributed by atoms with Crippen LogP contribution in [0.25, 0.3) is 0 Å². The fraction of sp³-hybridized carbons (Fsp3) is 0.600. The van der Waals surface area contributed by atoms with Crippen LogP contribution in [-0.2, 0) is 21.5 Å². The van der Waals surface area contributed by atoms with Crippen LogP contribution in [0.15, 0.2) is 23.2 Å². The Bertz CT molecular complexity index is 821. The normalized spacial score (nSPS) is 31.8. The van der Waals surface area contributed by atoms with E-state index in [4.69, 9.17) is 20.2 Å². The van der Waals surface area contributed by atoms with E-state index >= 15 is 0 Å². The molecule has 1 aliphatic heterocycles. The number of rotatable bonds is 4. The minimum atomic E-state index is -2.78. The summed E-state index contributed by atoms with van der Waals surface area (Å²) in [6, 6.07) is 5.77. The van der Waals surface area contributed by atoms with Gasteiger partial charge in [-0.3, -0.25) is 9.69 Å². The van der Waals surface area contributed by atoms with Crippen LogP contribution in [-0.4, -0.2) is 43.1 Å². The van der Waals surface area contributed by atoms with Gasteiger partial charge in [-0.15, -0.1) is 0 Å². The maximum absolute atomic E-state index is 13.4. The van der Waals surface area contributed by atoms with Crippen molar-refractivity contribution in [3.05, 3.63) is 29.3 Å². The Labute approximate surface area is 162 Å². The second-order valence-electron chi connectivity index (χ2n) is 7.85. The maximum Gasteiger partial charge on any atom is 0.345 e. The monoisotopic (exact) mass is 393 g/mol. The fourth-order valence-electron chi connectivity index (χ4n) is 5.21. The van der Waals surface area contributed by atoms with Gasteiger partial charge < -0.3 is 15.2 Å². The van der Waals surface area contributed by atoms with Gasteiger partial charge in [0.1, 0.15) is 5.75 Å². The van der Waals surface area contributed by atoms with E-state index in [1.807, 2.05) is 25.1 Å². The van der Waals surface area contributed by atoms with Crippen molar-refractivity contribution in [3.8, 4) is 5.75 Å². The number of nitrogens with zero attached hydrogens (tertiary/aromatic N) is 2. The van der Waals surface area contributed by atoms with Gasteiger partial charge in [0.15, 0.2) is 11.5 Å². The third kappa shape index (κ3) is 2.61. The quantitative estimate of drug-likeness (QED) is 0.853. The van der Waals surface area contributed by atoms with Crippen molar-refractivity contribution < 1.29 is 23.0 Å². The zero-order valence-electron chi connectivity index (χ0n) is 16.1. The van der Waals surface area contributed by atoms with Crippen LogP contribution in [0.1, 0.15) is 43.7 Å². The highest BCUT2D eigenvalue weighted by atomic mass is 19.3. The van der Waals surface area contributed by atoms with E-state index in [9.17, 15) is 13.6 Å². The van der Waals surface area contributed by atoms with Crippen molar-refractivity contribution in [2.75, 3.05) is 13.7 Å². The van der Waals surface area contributed by atoms with Crippen molar-refractivity contribution in [1.82, 2.24) is 4.90 Å². The molecule has 2 spiro atoms. The molecule has 152 valence electrons. The number of hydrogen-bond donors (Lipinski definition) is 1. The number of ether oxygens (including phenoxy) is 2. The molecule has 1 amide bonds. The highest BCUT2D eigenvalue weighted by Gasteiger charge is 2.66. The summed E-state index contributed by atoms with van der Waals surface area (Å²) < 4.78 is 35.7. The molecule has 6 nitrogen and oxygen atoms in total. The smallest absolute Gasteiger partial charge is 0.345 e. The molecular weight excluding hydrogens is 368 g/mol. The molecule has 2 aliphatic carbocycles. The Hall–Kier alpha value is -2.22. The number of aliphatic imine (C=N–C) groups is 1. The van der Waals surface area contributed by atoms with Crippen molar-refractivity contribution >= 4 is 11.9 Å². The van der Waals surface area contributed by atoms with E-state index in [-0.39, 0.29) is 11.9 Å². The first-order valence-electron chi connectivity index (χ1n) is 9.66. The highest BCUT2D eigenvalue weighted by Crippen LogP contribution is 2.62. The lowest BCUT2D eigenvalue weighted by molar-refractivity contribution is -0.178. The first-order chi connectivity index (χ1) is 13.3. The number of nitrogens with two attached hydrogens (primary N) is 1. The number of benzene rings is 1. The van der Waals surface area contributed by atoms with Crippen LogP contribution in [0, 0.1) is 5.41 Å². The number of amides is 1. The van der Waals surface area contributed by atoms with Crippen LogP contribution < -0.4 is 10.5 Å². The summed E-state index contributed by atoms with van der Waals surface area (Å²) in [5.41, 5.74) is 6.31. The van der Waals surface area contributed by atoms with Crippen molar-refractivity contribution in [3.63, 3.8) is 0 Å². The van der Waals surface area contributed by atoms with Crippen molar-refractivity contribution in [2.45, 2.75) is 57.3 Å². The van der Waals surface area contributed by atoms with Gasteiger partial charge in [0.25, 0.3) is 5.91 Å². The molecule has 3 aliphatic rings. The van der Waals surface area contributed by atoms with Gasteiger partial charge in [0.05, 0.1) is 12.7 Å². The van der Waals surface area contributed by atoms with Crippen LogP contribution >= 0.6 is 0 Å². The molecule has 0 radical (unpaired) electrons. The lowest BCUT2D eigenvalue weighted by Crippen LogP contribution is -2.51. The Morgan fingerprint density at radius 1 is 1.36 bits per heavy atom. The van der Waals surface area contributed by atoms with Crippen LogP contribution in [0.4, 0.5) is 8.78 Å². The predicted molar refractivity (Wildman–Crippen MR) is 99.2 cm³/mol. The molecule has 28 heavy (non-hydrogen) atoms. The average Bonchev–Trinajstić information content (AvgIpc) is 3.05. The first kappa shape index (κ1) is 19.1. The summed E-state index contributed by atoms with van der Waals surface area (Å²) in [6.45, 7) is -0.363. The summed E-state index contributed by atoms with van der Waals surface area (Å²) in [5.74, 6) is 0.708. The summed E-state index contributed by atoms with van der Waals surface area (Å²) >= 11 is 0. The topological polar surface area (TPSA) is 77.2 Å². The number of hydrogen-bond acceptors (Lipinski definition) is 5. The number of halogens is 2. The molecule has 1 heterocycles. The standard InChI is InChI=1S/C20H25F2N3O3/c1-3-27-14-5-4-12-11-19(8-6-13(7-9-19)28-17(21)22)20(15(12)10-14)16(26)25(2)18(23)24-20/h4-5,10,13,17H,3,6-9,11H2,1-2H3,(H2,23,24). The Morgan fingerprint density at radius 3 is 2.64 bits per heavy atom. The third-order valence-electron chi connectivity index (χ3n) is 6.50. The first-order valence-corrected chi connectivity index (χ1v) is 9.66. The molecule has 8 heteroatoms. The third-order valence-corrected chi connectivity index (χ3v) is 6.50. The lowest BCUT2D eigenvalue weighted by atomic mass is 9.61. The van der Waals surface area contributed by atoms with E-state index in [1.54, 1.807) is 7.05 Å². The fourth-order valence-corrected chi connectivity index (χ4v) is 5.21. The molecule has 1 unspecified atom stereocenters. The molecule has 0 saturated heterocycles. The predicted octanol–water partition coefficient (Wildman–Crippen LogP) is 2.79. The number of fused-ring (bicyclic) bond motifs is 3. The number of alkyl halides is 2. The van der Waals surface area contributed by atoms with E-state index in [0.717, 1.165) is 11.1 Å². The molecule has 0 aromatic heterocycles. The minimum Gasteiger partial charge on any atom is -0.494 e. The van der Waals surface area contributed by atoms with E-state index in [0.29, 0.717) is 44.5 Å². The molecule has 1 aromatic carbocycles. The SMILES string of the molecule is CCOc1ccc2c(c1)C1(N=C(N)N(C)C1=O)C1(CCC(OC(F)F)CC1)C2. The molecule has 1 aromatic rings. The second kappa shape index (κ2) is 6.69.